The normalized spacial score (nSPS) is 20.3. The Balaban J connectivity index is 1.49. The molecule has 2 aromatic heterocycles. The van der Waals surface area contributed by atoms with Crippen molar-refractivity contribution in [3.8, 4) is 10.4 Å². The van der Waals surface area contributed by atoms with Crippen molar-refractivity contribution in [1.29, 1.82) is 0 Å². The third kappa shape index (κ3) is 6.17. The highest BCUT2D eigenvalue weighted by atomic mass is 32.1. The number of aliphatic hydroxyl groups excluding tert-OH is 1. The zero-order valence-corrected chi connectivity index (χ0v) is 24.0. The minimum atomic E-state index is -0.909. The number of hydrogen-bond acceptors (Lipinski definition) is 7. The molecule has 1 amide bonds. The Kier molecular flexibility index (Phi) is 8.61. The topological polar surface area (TPSA) is 103 Å². The number of carboxylic acids is 1. The number of benzene rings is 1. The highest BCUT2D eigenvalue weighted by molar-refractivity contribution is 7.17. The van der Waals surface area contributed by atoms with E-state index in [2.05, 4.69) is 22.1 Å². The van der Waals surface area contributed by atoms with Crippen LogP contribution in [0.5, 0.6) is 0 Å². The molecule has 0 spiro atoms. The lowest BCUT2D eigenvalue weighted by atomic mass is 9.75. The summed E-state index contributed by atoms with van der Waals surface area (Å²) in [5, 5.41) is 24.5. The molecule has 0 unspecified atom stereocenters. The zero-order chi connectivity index (χ0) is 27.5. The lowest BCUT2D eigenvalue weighted by Gasteiger charge is -2.36. The van der Waals surface area contributed by atoms with Gasteiger partial charge in [-0.1, -0.05) is 31.4 Å². The molecule has 1 aromatic carbocycles. The Labute approximate surface area is 237 Å². The van der Waals surface area contributed by atoms with Crippen LogP contribution in [0.4, 0.5) is 5.69 Å². The number of carbonyl (C=O) groups excluding carboxylic acids is 1. The molecule has 0 bridgehead atoms. The maximum absolute atomic E-state index is 12.5. The first-order valence-electron chi connectivity index (χ1n) is 13.6. The number of thiophene rings is 1. The van der Waals surface area contributed by atoms with Crippen LogP contribution in [-0.4, -0.2) is 58.2 Å². The van der Waals surface area contributed by atoms with Gasteiger partial charge in [-0.3, -0.25) is 9.69 Å². The van der Waals surface area contributed by atoms with Gasteiger partial charge in [0.15, 0.2) is 0 Å². The van der Waals surface area contributed by atoms with Gasteiger partial charge in [0, 0.05) is 41.1 Å². The van der Waals surface area contributed by atoms with E-state index in [9.17, 15) is 19.8 Å². The summed E-state index contributed by atoms with van der Waals surface area (Å²) in [5.74, 6) is 0.0911. The van der Waals surface area contributed by atoms with Crippen LogP contribution in [0.3, 0.4) is 0 Å². The van der Waals surface area contributed by atoms with Crippen LogP contribution in [0.15, 0.2) is 40.7 Å². The summed E-state index contributed by atoms with van der Waals surface area (Å²) in [5.41, 5.74) is 7.91. The van der Waals surface area contributed by atoms with Gasteiger partial charge < -0.3 is 15.5 Å². The van der Waals surface area contributed by atoms with Crippen molar-refractivity contribution in [3.05, 3.63) is 62.4 Å². The van der Waals surface area contributed by atoms with Gasteiger partial charge in [0.25, 0.3) is 5.91 Å². The van der Waals surface area contributed by atoms with Crippen molar-refractivity contribution in [2.45, 2.75) is 46.0 Å². The number of thiazole rings is 1. The summed E-state index contributed by atoms with van der Waals surface area (Å²) in [7, 11) is 0. The van der Waals surface area contributed by atoms with Gasteiger partial charge in [0.2, 0.25) is 0 Å². The van der Waals surface area contributed by atoms with Crippen molar-refractivity contribution in [3.63, 3.8) is 0 Å². The lowest BCUT2D eigenvalue weighted by molar-refractivity contribution is 0.0701. The van der Waals surface area contributed by atoms with Crippen LogP contribution in [0, 0.1) is 18.8 Å². The Morgan fingerprint density at radius 1 is 1.18 bits per heavy atom. The molecular weight excluding hydrogens is 530 g/mol. The van der Waals surface area contributed by atoms with Crippen molar-refractivity contribution in [2.75, 3.05) is 31.6 Å². The number of β-amino-alcohol motifs (C(OH)–C–C–N with tert-alkyl or cyclic N) is 1. The smallest absolute Gasteiger partial charge is 0.346 e. The Hall–Kier alpha value is -2.85. The van der Waals surface area contributed by atoms with Gasteiger partial charge in [0.1, 0.15) is 10.6 Å². The molecule has 0 atom stereocenters. The van der Waals surface area contributed by atoms with Crippen LogP contribution in [-0.2, 0) is 0 Å². The van der Waals surface area contributed by atoms with E-state index in [4.69, 9.17) is 0 Å². The summed E-state index contributed by atoms with van der Waals surface area (Å²) >= 11 is 2.68. The van der Waals surface area contributed by atoms with Crippen molar-refractivity contribution in [1.82, 2.24) is 9.88 Å². The first-order valence-corrected chi connectivity index (χ1v) is 15.3. The van der Waals surface area contributed by atoms with E-state index in [1.165, 1.54) is 41.1 Å². The number of nitrogens with zero attached hydrogens (tertiary/aromatic N) is 2. The fourth-order valence-corrected chi connectivity index (χ4v) is 7.42. The second kappa shape index (κ2) is 12.1. The number of hydrogen-bond donors (Lipinski definition) is 3. The van der Waals surface area contributed by atoms with E-state index in [1.54, 1.807) is 10.9 Å². The van der Waals surface area contributed by atoms with Gasteiger partial charge in [-0.25, -0.2) is 9.78 Å². The number of rotatable bonds is 8. The molecule has 3 N–H and O–H groups in total. The van der Waals surface area contributed by atoms with Crippen molar-refractivity contribution >= 4 is 45.8 Å². The minimum absolute atomic E-state index is 0.0921. The lowest BCUT2D eigenvalue weighted by Crippen LogP contribution is -2.35. The second-order valence-corrected chi connectivity index (χ2v) is 12.5. The first-order chi connectivity index (χ1) is 18.8. The molecule has 206 valence electrons. The molecule has 1 aliphatic carbocycles. The quantitative estimate of drug-likeness (QED) is 0.292. The molecule has 1 saturated carbocycles. The monoisotopic (exact) mass is 565 g/mol. The predicted molar refractivity (Wildman–Crippen MR) is 158 cm³/mol. The summed E-state index contributed by atoms with van der Waals surface area (Å²) in [6.45, 7) is 6.50. The van der Waals surface area contributed by atoms with E-state index >= 15 is 0 Å². The fraction of sp³-hybridized carbons (Fsp3) is 0.433. The number of carboxylic acid groups (broad SMARTS) is 1. The SMILES string of the molecule is Cc1cc(-c2cc(C3=C(C4CCC(C)CC4)CCN(CCO)C3)c(C(=O)O)s2)ccc1NC(=O)c1cscn1. The highest BCUT2D eigenvalue weighted by Gasteiger charge is 2.31. The summed E-state index contributed by atoms with van der Waals surface area (Å²) in [6.07, 6.45) is 5.67. The second-order valence-electron chi connectivity index (χ2n) is 10.7. The van der Waals surface area contributed by atoms with E-state index < -0.39 is 5.97 Å². The molecule has 1 fully saturated rings. The summed E-state index contributed by atoms with van der Waals surface area (Å²) in [6, 6.07) is 7.84. The van der Waals surface area contributed by atoms with Crippen molar-refractivity contribution < 1.29 is 19.8 Å². The molecule has 0 saturated heterocycles. The highest BCUT2D eigenvalue weighted by Crippen LogP contribution is 2.43. The molecule has 3 heterocycles. The molecule has 2 aliphatic rings. The Bertz CT molecular complexity index is 1370. The molecule has 0 radical (unpaired) electrons. The molecule has 39 heavy (non-hydrogen) atoms. The first kappa shape index (κ1) is 27.7. The average molecular weight is 566 g/mol. The molecule has 9 heteroatoms. The molecule has 1 aliphatic heterocycles. The average Bonchev–Trinajstić information content (AvgIpc) is 3.62. The van der Waals surface area contributed by atoms with Crippen LogP contribution in [0.1, 0.15) is 70.3 Å². The summed E-state index contributed by atoms with van der Waals surface area (Å²) in [4.78, 5) is 32.5. The van der Waals surface area contributed by atoms with Crippen LogP contribution >= 0.6 is 22.7 Å². The van der Waals surface area contributed by atoms with Crippen LogP contribution in [0.25, 0.3) is 16.0 Å². The zero-order valence-electron chi connectivity index (χ0n) is 22.4. The number of amides is 1. The largest absolute Gasteiger partial charge is 0.477 e. The van der Waals surface area contributed by atoms with Gasteiger partial charge in [0.05, 0.1) is 12.1 Å². The van der Waals surface area contributed by atoms with E-state index in [-0.39, 0.29) is 12.5 Å². The standard InChI is InChI=1S/C30H35N3O4S2/c1-18-3-5-20(6-4-18)22-9-10-33(11-12-34)15-24(22)23-14-27(39-28(23)30(36)37)21-7-8-25(19(2)13-21)32-29(35)26-16-38-17-31-26/h7-8,13-14,16-18,20,34H,3-6,9-12,15H2,1-2H3,(H,32,35)(H,36,37). The number of aryl methyl sites for hydroxylation is 1. The van der Waals surface area contributed by atoms with Crippen LogP contribution in [0.2, 0.25) is 0 Å². The van der Waals surface area contributed by atoms with Gasteiger partial charge >= 0.3 is 5.97 Å². The van der Waals surface area contributed by atoms with E-state index in [0.717, 1.165) is 58.9 Å². The van der Waals surface area contributed by atoms with Gasteiger partial charge in [-0.05, 0) is 72.9 Å². The van der Waals surface area contributed by atoms with Crippen molar-refractivity contribution in [2.24, 2.45) is 11.8 Å². The molecule has 3 aromatic rings. The third-order valence-corrected chi connectivity index (χ3v) is 9.83. The number of aromatic carboxylic acids is 1. The number of nitrogens with one attached hydrogen (secondary N) is 1. The van der Waals surface area contributed by atoms with Gasteiger partial charge in [-0.2, -0.15) is 0 Å². The number of anilines is 1. The Morgan fingerprint density at radius 3 is 2.64 bits per heavy atom. The third-order valence-electron chi connectivity index (χ3n) is 8.07. The summed E-state index contributed by atoms with van der Waals surface area (Å²) < 4.78 is 0. The fourth-order valence-electron chi connectivity index (χ4n) is 5.87. The number of aliphatic hydroxyl groups is 1. The Morgan fingerprint density at radius 2 is 1.97 bits per heavy atom. The van der Waals surface area contributed by atoms with E-state index in [1.807, 2.05) is 31.2 Å². The molecule has 7 nitrogen and oxygen atoms in total. The minimum Gasteiger partial charge on any atom is -0.477 e. The van der Waals surface area contributed by atoms with Gasteiger partial charge in [-0.15, -0.1) is 22.7 Å². The molecular formula is C30H35N3O4S2. The predicted octanol–water partition coefficient (Wildman–Crippen LogP) is 6.41. The maximum atomic E-state index is 12.5. The molecule has 5 rings (SSSR count). The number of aromatic nitrogens is 1. The maximum Gasteiger partial charge on any atom is 0.346 e. The number of carbonyl (C=O) groups is 2. The van der Waals surface area contributed by atoms with Crippen LogP contribution < -0.4 is 5.32 Å². The van der Waals surface area contributed by atoms with E-state index in [0.29, 0.717) is 35.3 Å².